The van der Waals surface area contributed by atoms with Gasteiger partial charge < -0.3 is 9.05 Å². The maximum atomic E-state index is 11.3. The summed E-state index contributed by atoms with van der Waals surface area (Å²) in [6, 6.07) is 0. The summed E-state index contributed by atoms with van der Waals surface area (Å²) in [5.41, 5.74) is -2.34. The molecule has 1 saturated heterocycles. The molecule has 1 aliphatic heterocycles. The van der Waals surface area contributed by atoms with E-state index in [1.807, 2.05) is 13.8 Å². The topological polar surface area (TPSA) is 52.6 Å². The number of hydrogen-bond acceptors (Lipinski definition) is 6. The van der Waals surface area contributed by atoms with E-state index >= 15 is 0 Å². The van der Waals surface area contributed by atoms with Gasteiger partial charge >= 0.3 is 0 Å². The van der Waals surface area contributed by atoms with Crippen LogP contribution in [0, 0.1) is 0 Å². The first-order chi connectivity index (χ1) is 7.41. The Morgan fingerprint density at radius 3 is 2.31 bits per heavy atom. The molecule has 4 nitrogen and oxygen atoms in total. The van der Waals surface area contributed by atoms with Gasteiger partial charge in [-0.05, 0) is 32.1 Å². The van der Waals surface area contributed by atoms with Gasteiger partial charge in [0, 0.05) is 5.25 Å². The Morgan fingerprint density at radius 1 is 1.38 bits per heavy atom. The molecule has 0 N–H and O–H groups in total. The molecule has 0 spiro atoms. The Hall–Kier alpha value is 0.870. The van der Waals surface area contributed by atoms with Crippen molar-refractivity contribution in [3.63, 3.8) is 0 Å². The van der Waals surface area contributed by atoms with Gasteiger partial charge in [-0.3, -0.25) is 0 Å². The largest absolute Gasteiger partial charge is 0.322 e. The van der Waals surface area contributed by atoms with Crippen molar-refractivity contribution in [1.29, 1.82) is 0 Å². The molecule has 0 amide bonds. The predicted molar refractivity (Wildman–Crippen MR) is 72.2 cm³/mol. The van der Waals surface area contributed by atoms with Crippen LogP contribution >= 0.6 is 17.1 Å². The third-order valence-corrected chi connectivity index (χ3v) is 9.84. The van der Waals surface area contributed by atoms with Crippen molar-refractivity contribution in [2.24, 2.45) is 0 Å². The van der Waals surface area contributed by atoms with E-state index in [-0.39, 0.29) is 16.8 Å². The van der Waals surface area contributed by atoms with Gasteiger partial charge in [-0.2, -0.15) is 0 Å². The predicted octanol–water partition coefficient (Wildman–Crippen LogP) is 2.20. The minimum Gasteiger partial charge on any atom is -0.322 e. The highest BCUT2D eigenvalue weighted by Gasteiger charge is 2.33. The summed E-state index contributed by atoms with van der Waals surface area (Å²) < 4.78 is 33.6. The maximum Gasteiger partial charge on any atom is 0.247 e. The quantitative estimate of drug-likeness (QED) is 0.701. The standard InChI is InChI=1S/C8H17O4PS3/c1-3-11-13(14,12-4-2)15-8-5-6-16(9,10)7-8/h8H,3-7H2,1-2H3. The van der Waals surface area contributed by atoms with Crippen molar-refractivity contribution in [3.05, 3.63) is 0 Å². The molecule has 8 heteroatoms. The molecule has 1 aliphatic rings. The van der Waals surface area contributed by atoms with E-state index in [4.69, 9.17) is 20.9 Å². The number of rotatable bonds is 6. The van der Waals surface area contributed by atoms with Crippen LogP contribution in [0.15, 0.2) is 0 Å². The van der Waals surface area contributed by atoms with Crippen LogP contribution in [-0.2, 0) is 30.7 Å². The van der Waals surface area contributed by atoms with E-state index in [9.17, 15) is 8.42 Å². The fourth-order valence-corrected chi connectivity index (χ4v) is 10.1. The first-order valence-corrected chi connectivity index (χ1v) is 11.1. The van der Waals surface area contributed by atoms with Crippen LogP contribution in [0.1, 0.15) is 20.3 Å². The summed E-state index contributed by atoms with van der Waals surface area (Å²) >= 11 is 6.75. The Labute approximate surface area is 106 Å². The highest BCUT2D eigenvalue weighted by atomic mass is 32.9. The second-order valence-corrected chi connectivity index (χ2v) is 12.1. The lowest BCUT2D eigenvalue weighted by Gasteiger charge is -2.22. The normalized spacial score (nSPS) is 24.8. The summed E-state index contributed by atoms with van der Waals surface area (Å²) in [6.45, 7) is 4.74. The fourth-order valence-electron chi connectivity index (χ4n) is 1.44. The van der Waals surface area contributed by atoms with Crippen LogP contribution in [0.2, 0.25) is 0 Å². The third kappa shape index (κ3) is 4.63. The summed E-state index contributed by atoms with van der Waals surface area (Å²) in [4.78, 5) is 0. The van der Waals surface area contributed by atoms with E-state index in [2.05, 4.69) is 0 Å². The molecular weight excluding hydrogens is 287 g/mol. The van der Waals surface area contributed by atoms with Crippen molar-refractivity contribution >= 4 is 38.7 Å². The lowest BCUT2D eigenvalue weighted by atomic mass is 10.4. The Kier molecular flexibility index (Phi) is 5.75. The zero-order chi connectivity index (χ0) is 12.2. The number of sulfone groups is 1. The van der Waals surface area contributed by atoms with E-state index in [1.54, 1.807) is 0 Å². The maximum absolute atomic E-state index is 11.3. The molecule has 1 heterocycles. The Morgan fingerprint density at radius 2 is 1.94 bits per heavy atom. The van der Waals surface area contributed by atoms with Crippen LogP contribution in [0.25, 0.3) is 0 Å². The smallest absolute Gasteiger partial charge is 0.247 e. The monoisotopic (exact) mass is 304 g/mol. The molecule has 0 saturated carbocycles. The van der Waals surface area contributed by atoms with E-state index in [0.717, 1.165) is 0 Å². The molecule has 0 aromatic rings. The molecule has 1 rings (SSSR count). The van der Waals surface area contributed by atoms with Gasteiger partial charge in [-0.25, -0.2) is 8.42 Å². The first-order valence-electron chi connectivity index (χ1n) is 5.18. The number of hydrogen-bond donors (Lipinski definition) is 0. The lowest BCUT2D eigenvalue weighted by Crippen LogP contribution is -2.07. The van der Waals surface area contributed by atoms with Gasteiger partial charge in [0.2, 0.25) is 5.69 Å². The molecule has 1 atom stereocenters. The molecule has 1 unspecified atom stereocenters. The fraction of sp³-hybridized carbons (Fsp3) is 1.00. The van der Waals surface area contributed by atoms with E-state index in [1.165, 1.54) is 11.4 Å². The van der Waals surface area contributed by atoms with Gasteiger partial charge in [0.15, 0.2) is 9.84 Å². The average molecular weight is 304 g/mol. The molecule has 96 valence electrons. The van der Waals surface area contributed by atoms with Crippen molar-refractivity contribution in [2.45, 2.75) is 25.5 Å². The average Bonchev–Trinajstić information content (AvgIpc) is 2.45. The zero-order valence-corrected chi connectivity index (χ0v) is 12.8. The molecule has 0 bridgehead atoms. The Bertz CT molecular complexity index is 357. The lowest BCUT2D eigenvalue weighted by molar-refractivity contribution is 0.280. The minimum atomic E-state index is -2.86. The van der Waals surface area contributed by atoms with Gasteiger partial charge in [-0.1, -0.05) is 11.4 Å². The second kappa shape index (κ2) is 6.16. The Balaban J connectivity index is 2.60. The van der Waals surface area contributed by atoms with Crippen molar-refractivity contribution in [2.75, 3.05) is 24.7 Å². The molecular formula is C8H17O4PS3. The van der Waals surface area contributed by atoms with Crippen molar-refractivity contribution in [1.82, 2.24) is 0 Å². The minimum absolute atomic E-state index is 0.0360. The van der Waals surface area contributed by atoms with Crippen LogP contribution < -0.4 is 0 Å². The zero-order valence-electron chi connectivity index (χ0n) is 9.42. The first kappa shape index (κ1) is 14.9. The molecule has 1 fully saturated rings. The van der Waals surface area contributed by atoms with E-state index < -0.39 is 15.5 Å². The highest BCUT2D eigenvalue weighted by Crippen LogP contribution is 2.63. The van der Waals surface area contributed by atoms with Crippen LogP contribution in [-0.4, -0.2) is 38.4 Å². The van der Waals surface area contributed by atoms with Gasteiger partial charge in [0.1, 0.15) is 0 Å². The van der Waals surface area contributed by atoms with Crippen LogP contribution in [0.4, 0.5) is 0 Å². The van der Waals surface area contributed by atoms with Crippen molar-refractivity contribution < 1.29 is 17.5 Å². The summed E-state index contributed by atoms with van der Waals surface area (Å²) in [5.74, 6) is 0.467. The van der Waals surface area contributed by atoms with E-state index in [0.29, 0.717) is 19.6 Å². The molecule has 0 aromatic heterocycles. The molecule has 0 aliphatic carbocycles. The summed E-state index contributed by atoms with van der Waals surface area (Å²) in [5, 5.41) is 0.0360. The summed E-state index contributed by atoms with van der Waals surface area (Å²) in [6.07, 6.45) is 0.658. The van der Waals surface area contributed by atoms with Crippen LogP contribution in [0.3, 0.4) is 0 Å². The molecule has 0 aromatic carbocycles. The van der Waals surface area contributed by atoms with Crippen molar-refractivity contribution in [3.8, 4) is 0 Å². The SMILES string of the molecule is CCOP(=S)(OCC)SC1CCS(=O)(=O)C1. The summed E-state index contributed by atoms with van der Waals surface area (Å²) in [7, 11) is -2.86. The van der Waals surface area contributed by atoms with Gasteiger partial charge in [0.25, 0.3) is 0 Å². The highest BCUT2D eigenvalue weighted by molar-refractivity contribution is 8.68. The van der Waals surface area contributed by atoms with Gasteiger partial charge in [0.05, 0.1) is 24.7 Å². The van der Waals surface area contributed by atoms with Crippen LogP contribution in [0.5, 0.6) is 0 Å². The third-order valence-electron chi connectivity index (χ3n) is 2.04. The van der Waals surface area contributed by atoms with Gasteiger partial charge in [-0.15, -0.1) is 0 Å². The molecule has 16 heavy (non-hydrogen) atoms. The second-order valence-electron chi connectivity index (χ2n) is 3.41. The molecule has 0 radical (unpaired) electrons.